The first-order chi connectivity index (χ1) is 7.84. The molecule has 0 atom stereocenters. The maximum atomic E-state index is 4.17. The highest BCUT2D eigenvalue weighted by molar-refractivity contribution is 9.10. The number of pyridine rings is 2. The van der Waals surface area contributed by atoms with Crippen molar-refractivity contribution in [2.75, 3.05) is 0 Å². The van der Waals surface area contributed by atoms with Crippen molar-refractivity contribution in [1.29, 1.82) is 0 Å². The lowest BCUT2D eigenvalue weighted by Gasteiger charge is -2.03. The van der Waals surface area contributed by atoms with Crippen LogP contribution in [0.5, 0.6) is 0 Å². The van der Waals surface area contributed by atoms with E-state index < -0.39 is 0 Å². The van der Waals surface area contributed by atoms with Crippen LogP contribution in [0.3, 0.4) is 0 Å². The van der Waals surface area contributed by atoms with Crippen molar-refractivity contribution >= 4 is 21.6 Å². The van der Waals surface area contributed by atoms with E-state index in [0.29, 0.717) is 0 Å². The Labute approximate surface area is 100 Å². The Balaban J connectivity index is 2.25. The zero-order valence-electron chi connectivity index (χ0n) is 8.21. The highest BCUT2D eigenvalue weighted by atomic mass is 79.9. The molecule has 0 aromatic carbocycles. The maximum Gasteiger partial charge on any atom is 0.157 e. The fourth-order valence-electron chi connectivity index (χ4n) is 1.58. The van der Waals surface area contributed by atoms with Crippen LogP contribution < -0.4 is 0 Å². The number of rotatable bonds is 1. The predicted octanol–water partition coefficient (Wildman–Crippen LogP) is 2.55. The third kappa shape index (κ3) is 1.49. The molecule has 0 aliphatic heterocycles. The number of halogens is 1. The van der Waals surface area contributed by atoms with E-state index in [2.05, 4.69) is 31.0 Å². The van der Waals surface area contributed by atoms with E-state index in [0.717, 1.165) is 21.4 Å². The van der Waals surface area contributed by atoms with Gasteiger partial charge in [0, 0.05) is 18.0 Å². The molecule has 16 heavy (non-hydrogen) atoms. The summed E-state index contributed by atoms with van der Waals surface area (Å²) in [5, 5.41) is 4.10. The Hall–Kier alpha value is -1.75. The minimum Gasteiger partial charge on any atom is -0.264 e. The third-order valence-electron chi connectivity index (χ3n) is 2.33. The summed E-state index contributed by atoms with van der Waals surface area (Å²) in [6.45, 7) is 0. The second kappa shape index (κ2) is 3.68. The molecule has 3 aromatic heterocycles. The lowest BCUT2D eigenvalue weighted by molar-refractivity contribution is 0.936. The summed E-state index contributed by atoms with van der Waals surface area (Å²) in [5.74, 6) is 0. The lowest BCUT2D eigenvalue weighted by atomic mass is 10.1. The Morgan fingerprint density at radius 1 is 1.19 bits per heavy atom. The summed E-state index contributed by atoms with van der Waals surface area (Å²) in [5.41, 5.74) is 2.95. The molecule has 3 aromatic rings. The van der Waals surface area contributed by atoms with Gasteiger partial charge in [-0.1, -0.05) is 6.07 Å². The lowest BCUT2D eigenvalue weighted by Crippen LogP contribution is -1.91. The zero-order valence-corrected chi connectivity index (χ0v) is 9.79. The summed E-state index contributed by atoms with van der Waals surface area (Å²) in [4.78, 5) is 8.27. The number of nitrogens with zero attached hydrogens (tertiary/aromatic N) is 4. The predicted molar refractivity (Wildman–Crippen MR) is 63.9 cm³/mol. The van der Waals surface area contributed by atoms with Gasteiger partial charge >= 0.3 is 0 Å². The van der Waals surface area contributed by atoms with Gasteiger partial charge in [0.25, 0.3) is 0 Å². The summed E-state index contributed by atoms with van der Waals surface area (Å²) in [7, 11) is 0. The van der Waals surface area contributed by atoms with E-state index >= 15 is 0 Å². The molecular formula is C11H7BrN4. The van der Waals surface area contributed by atoms with Gasteiger partial charge in [-0.3, -0.25) is 4.98 Å². The topological polar surface area (TPSA) is 43.1 Å². The van der Waals surface area contributed by atoms with E-state index in [1.54, 1.807) is 10.7 Å². The molecule has 3 heterocycles. The summed E-state index contributed by atoms with van der Waals surface area (Å²) < 4.78 is 2.61. The van der Waals surface area contributed by atoms with Crippen molar-refractivity contribution in [3.05, 3.63) is 47.6 Å². The Kier molecular flexibility index (Phi) is 2.18. The van der Waals surface area contributed by atoms with Gasteiger partial charge in [-0.15, -0.1) is 0 Å². The summed E-state index contributed by atoms with van der Waals surface area (Å²) in [6, 6.07) is 7.91. The molecule has 5 heteroatoms. The molecule has 0 radical (unpaired) electrons. The van der Waals surface area contributed by atoms with E-state index in [1.807, 2.05) is 30.5 Å². The maximum absolute atomic E-state index is 4.17. The molecule has 0 spiro atoms. The molecule has 0 bridgehead atoms. The Morgan fingerprint density at radius 2 is 2.12 bits per heavy atom. The molecule has 4 nitrogen and oxygen atoms in total. The van der Waals surface area contributed by atoms with Crippen LogP contribution in [0.25, 0.3) is 16.8 Å². The van der Waals surface area contributed by atoms with Gasteiger partial charge in [-0.2, -0.15) is 5.10 Å². The van der Waals surface area contributed by atoms with Crippen LogP contribution >= 0.6 is 15.9 Å². The zero-order chi connectivity index (χ0) is 11.0. The molecular weight excluding hydrogens is 268 g/mol. The average molecular weight is 275 g/mol. The average Bonchev–Trinajstić information content (AvgIpc) is 2.79. The normalized spacial score (nSPS) is 10.8. The van der Waals surface area contributed by atoms with Crippen molar-refractivity contribution in [1.82, 2.24) is 19.6 Å². The van der Waals surface area contributed by atoms with Crippen LogP contribution in [0.1, 0.15) is 0 Å². The van der Waals surface area contributed by atoms with Crippen LogP contribution in [0.4, 0.5) is 0 Å². The first-order valence-corrected chi connectivity index (χ1v) is 5.53. The van der Waals surface area contributed by atoms with Crippen LogP contribution in [0.15, 0.2) is 47.6 Å². The molecule has 0 saturated heterocycles. The van der Waals surface area contributed by atoms with Gasteiger partial charge in [0.1, 0.15) is 10.9 Å². The third-order valence-corrected chi connectivity index (χ3v) is 2.90. The van der Waals surface area contributed by atoms with Gasteiger partial charge in [0.2, 0.25) is 0 Å². The van der Waals surface area contributed by atoms with E-state index in [-0.39, 0.29) is 0 Å². The second-order valence-electron chi connectivity index (χ2n) is 3.34. The largest absolute Gasteiger partial charge is 0.264 e. The standard InChI is InChI=1S/C11H7BrN4/c12-10-4-9(8-2-1-3-13-6-8)5-11-14-7-15-16(10)11/h1-7H. The number of hydrogen-bond donors (Lipinski definition) is 0. The molecule has 0 aliphatic carbocycles. The quantitative estimate of drug-likeness (QED) is 0.641. The highest BCUT2D eigenvalue weighted by Gasteiger charge is 2.04. The molecule has 0 amide bonds. The Morgan fingerprint density at radius 3 is 2.94 bits per heavy atom. The Bertz CT molecular complexity index is 633. The molecule has 0 N–H and O–H groups in total. The molecule has 0 fully saturated rings. The summed E-state index contributed by atoms with van der Waals surface area (Å²) in [6.07, 6.45) is 5.12. The van der Waals surface area contributed by atoms with Crippen molar-refractivity contribution in [2.45, 2.75) is 0 Å². The van der Waals surface area contributed by atoms with Crippen molar-refractivity contribution < 1.29 is 0 Å². The number of hydrogen-bond acceptors (Lipinski definition) is 3. The van der Waals surface area contributed by atoms with Gasteiger partial charge < -0.3 is 0 Å². The van der Waals surface area contributed by atoms with Crippen LogP contribution in [-0.4, -0.2) is 19.6 Å². The van der Waals surface area contributed by atoms with Gasteiger partial charge in [0.15, 0.2) is 5.65 Å². The van der Waals surface area contributed by atoms with E-state index in [4.69, 9.17) is 0 Å². The highest BCUT2D eigenvalue weighted by Crippen LogP contribution is 2.23. The summed E-state index contributed by atoms with van der Waals surface area (Å²) >= 11 is 3.46. The van der Waals surface area contributed by atoms with E-state index in [1.165, 1.54) is 6.33 Å². The monoisotopic (exact) mass is 274 g/mol. The molecule has 0 unspecified atom stereocenters. The first-order valence-electron chi connectivity index (χ1n) is 4.74. The van der Waals surface area contributed by atoms with Crippen molar-refractivity contribution in [2.24, 2.45) is 0 Å². The van der Waals surface area contributed by atoms with Gasteiger partial charge in [-0.25, -0.2) is 9.50 Å². The number of fused-ring (bicyclic) bond motifs is 1. The number of aromatic nitrogens is 4. The molecule has 0 saturated carbocycles. The van der Waals surface area contributed by atoms with Crippen LogP contribution in [0, 0.1) is 0 Å². The minimum atomic E-state index is 0.813. The molecule has 3 rings (SSSR count). The van der Waals surface area contributed by atoms with Crippen molar-refractivity contribution in [3.8, 4) is 11.1 Å². The van der Waals surface area contributed by atoms with Crippen LogP contribution in [-0.2, 0) is 0 Å². The fraction of sp³-hybridized carbons (Fsp3) is 0. The van der Waals surface area contributed by atoms with Gasteiger partial charge in [0.05, 0.1) is 0 Å². The molecule has 0 aliphatic rings. The van der Waals surface area contributed by atoms with Crippen molar-refractivity contribution in [3.63, 3.8) is 0 Å². The fourth-order valence-corrected chi connectivity index (χ4v) is 2.10. The molecule has 78 valence electrons. The smallest absolute Gasteiger partial charge is 0.157 e. The van der Waals surface area contributed by atoms with Crippen LogP contribution in [0.2, 0.25) is 0 Å². The minimum absolute atomic E-state index is 0.813. The second-order valence-corrected chi connectivity index (χ2v) is 4.15. The van der Waals surface area contributed by atoms with E-state index in [9.17, 15) is 0 Å². The SMILES string of the molecule is Brc1cc(-c2cccnc2)cc2ncnn12. The van der Waals surface area contributed by atoms with Gasteiger partial charge in [-0.05, 0) is 39.7 Å². The first kappa shape index (κ1) is 9.47.